The summed E-state index contributed by atoms with van der Waals surface area (Å²) in [6, 6.07) is 16.6. The highest BCUT2D eigenvalue weighted by atomic mass is 35.5. The second-order valence-electron chi connectivity index (χ2n) is 5.17. The van der Waals surface area contributed by atoms with Crippen molar-refractivity contribution in [1.29, 1.82) is 0 Å². The lowest BCUT2D eigenvalue weighted by Crippen LogP contribution is -2.23. The van der Waals surface area contributed by atoms with Crippen molar-refractivity contribution in [3.8, 4) is 17.0 Å². The number of carbonyl (C=O) groups is 1. The van der Waals surface area contributed by atoms with Crippen molar-refractivity contribution < 1.29 is 9.53 Å². The summed E-state index contributed by atoms with van der Waals surface area (Å²) in [5.41, 5.74) is 2.85. The molecule has 122 valence electrons. The maximum absolute atomic E-state index is 12.2. The van der Waals surface area contributed by atoms with Crippen LogP contribution in [0.25, 0.3) is 11.3 Å². The molecule has 2 aromatic carbocycles. The maximum atomic E-state index is 12.2. The molecule has 0 spiro atoms. The summed E-state index contributed by atoms with van der Waals surface area (Å²) >= 11 is 6.08. The first-order valence-corrected chi connectivity index (χ1v) is 7.76. The molecule has 0 saturated heterocycles. The molecule has 6 heteroatoms. The molecule has 5 nitrogen and oxygen atoms in total. The van der Waals surface area contributed by atoms with E-state index in [9.17, 15) is 4.79 Å². The van der Waals surface area contributed by atoms with Gasteiger partial charge in [0.15, 0.2) is 0 Å². The number of hydrogen-bond donors (Lipinski definition) is 2. The second kappa shape index (κ2) is 7.19. The first-order valence-electron chi connectivity index (χ1n) is 7.39. The molecule has 0 aliphatic heterocycles. The van der Waals surface area contributed by atoms with Gasteiger partial charge in [-0.2, -0.15) is 5.10 Å². The van der Waals surface area contributed by atoms with Crippen molar-refractivity contribution in [2.24, 2.45) is 0 Å². The van der Waals surface area contributed by atoms with Gasteiger partial charge >= 0.3 is 0 Å². The number of benzene rings is 2. The van der Waals surface area contributed by atoms with Gasteiger partial charge in [-0.25, -0.2) is 0 Å². The fourth-order valence-corrected chi connectivity index (χ4v) is 2.46. The predicted octanol–water partition coefficient (Wildman–Crippen LogP) is 3.67. The number of H-pyrrole nitrogens is 1. The van der Waals surface area contributed by atoms with Crippen LogP contribution in [0.5, 0.6) is 5.75 Å². The van der Waals surface area contributed by atoms with Crippen LogP contribution < -0.4 is 10.1 Å². The van der Waals surface area contributed by atoms with E-state index >= 15 is 0 Å². The van der Waals surface area contributed by atoms with Crippen molar-refractivity contribution in [3.63, 3.8) is 0 Å². The quantitative estimate of drug-likeness (QED) is 0.744. The zero-order chi connectivity index (χ0) is 16.9. The normalized spacial score (nSPS) is 10.4. The fourth-order valence-electron chi connectivity index (χ4n) is 2.26. The summed E-state index contributed by atoms with van der Waals surface area (Å²) < 4.78 is 5.13. The van der Waals surface area contributed by atoms with Gasteiger partial charge < -0.3 is 10.1 Å². The molecular weight excluding hydrogens is 326 g/mol. The van der Waals surface area contributed by atoms with E-state index in [-0.39, 0.29) is 5.91 Å². The van der Waals surface area contributed by atoms with Crippen LogP contribution >= 0.6 is 11.6 Å². The molecule has 0 atom stereocenters. The van der Waals surface area contributed by atoms with Crippen LogP contribution in [0, 0.1) is 0 Å². The molecule has 3 rings (SSSR count). The molecular formula is C18H16ClN3O2. The average Bonchev–Trinajstić information content (AvgIpc) is 3.11. The van der Waals surface area contributed by atoms with Gasteiger partial charge in [-0.15, -0.1) is 0 Å². The smallest absolute Gasteiger partial charge is 0.269 e. The van der Waals surface area contributed by atoms with E-state index in [4.69, 9.17) is 16.3 Å². The van der Waals surface area contributed by atoms with Crippen molar-refractivity contribution >= 4 is 17.5 Å². The summed E-state index contributed by atoms with van der Waals surface area (Å²) in [5, 5.41) is 10.4. The maximum Gasteiger partial charge on any atom is 0.269 e. The first kappa shape index (κ1) is 16.1. The molecule has 1 amide bonds. The number of nitrogens with zero attached hydrogens (tertiary/aromatic N) is 1. The minimum atomic E-state index is -0.234. The van der Waals surface area contributed by atoms with Crippen LogP contribution in [0.15, 0.2) is 54.6 Å². The Hall–Kier alpha value is -2.79. The average molecular weight is 342 g/mol. The number of carbonyl (C=O) groups excluding carboxylic acids is 1. The Bertz CT molecular complexity index is 843. The molecule has 0 unspecified atom stereocenters. The molecule has 0 radical (unpaired) electrons. The minimum Gasteiger partial charge on any atom is -0.497 e. The van der Waals surface area contributed by atoms with Crippen molar-refractivity contribution in [1.82, 2.24) is 15.5 Å². The Morgan fingerprint density at radius 3 is 2.67 bits per heavy atom. The van der Waals surface area contributed by atoms with E-state index in [0.29, 0.717) is 23.0 Å². The fraction of sp³-hybridized carbons (Fsp3) is 0.111. The Balaban J connectivity index is 1.68. The lowest BCUT2D eigenvalue weighted by molar-refractivity contribution is 0.0946. The number of aromatic amines is 1. The molecule has 24 heavy (non-hydrogen) atoms. The number of rotatable bonds is 5. The summed E-state index contributed by atoms with van der Waals surface area (Å²) in [4.78, 5) is 12.2. The number of halogens is 1. The largest absolute Gasteiger partial charge is 0.497 e. The van der Waals surface area contributed by atoms with Gasteiger partial charge in [-0.1, -0.05) is 29.8 Å². The van der Waals surface area contributed by atoms with Crippen LogP contribution in [0.1, 0.15) is 16.1 Å². The lowest BCUT2D eigenvalue weighted by atomic mass is 10.1. The summed E-state index contributed by atoms with van der Waals surface area (Å²) in [7, 11) is 1.62. The third-order valence-electron chi connectivity index (χ3n) is 3.61. The third kappa shape index (κ3) is 3.58. The SMILES string of the molecule is COc1ccc(-c2cc(C(=O)NCc3ccccc3Cl)[nH]n2)cc1. The second-order valence-corrected chi connectivity index (χ2v) is 5.58. The van der Waals surface area contributed by atoms with Crippen LogP contribution in [-0.4, -0.2) is 23.2 Å². The molecule has 2 N–H and O–H groups in total. The van der Waals surface area contributed by atoms with E-state index in [1.54, 1.807) is 19.2 Å². The molecule has 0 saturated carbocycles. The number of amides is 1. The highest BCUT2D eigenvalue weighted by Gasteiger charge is 2.11. The predicted molar refractivity (Wildman–Crippen MR) is 93.2 cm³/mol. The molecule has 0 aliphatic rings. The highest BCUT2D eigenvalue weighted by molar-refractivity contribution is 6.31. The Labute approximate surface area is 144 Å². The zero-order valence-corrected chi connectivity index (χ0v) is 13.8. The summed E-state index contributed by atoms with van der Waals surface area (Å²) in [6.07, 6.45) is 0. The van der Waals surface area contributed by atoms with E-state index < -0.39 is 0 Å². The molecule has 0 fully saturated rings. The highest BCUT2D eigenvalue weighted by Crippen LogP contribution is 2.21. The van der Waals surface area contributed by atoms with Crippen molar-refractivity contribution in [2.45, 2.75) is 6.54 Å². The molecule has 1 aromatic heterocycles. The van der Waals surface area contributed by atoms with Gasteiger partial charge in [0.2, 0.25) is 0 Å². The third-order valence-corrected chi connectivity index (χ3v) is 3.97. The van der Waals surface area contributed by atoms with Gasteiger partial charge in [0.1, 0.15) is 11.4 Å². The van der Waals surface area contributed by atoms with Crippen molar-refractivity contribution in [2.75, 3.05) is 7.11 Å². The van der Waals surface area contributed by atoms with Crippen molar-refractivity contribution in [3.05, 3.63) is 70.9 Å². The van der Waals surface area contributed by atoms with Crippen LogP contribution in [-0.2, 0) is 6.54 Å². The minimum absolute atomic E-state index is 0.234. The summed E-state index contributed by atoms with van der Waals surface area (Å²) in [6.45, 7) is 0.357. The van der Waals surface area contributed by atoms with Gasteiger partial charge in [-0.05, 0) is 42.0 Å². The Kier molecular flexibility index (Phi) is 4.82. The zero-order valence-electron chi connectivity index (χ0n) is 13.0. The van der Waals surface area contributed by atoms with E-state index in [2.05, 4.69) is 15.5 Å². The standard InChI is InChI=1S/C18H16ClN3O2/c1-24-14-8-6-12(7-9-14)16-10-17(22-21-16)18(23)20-11-13-4-2-3-5-15(13)19/h2-10H,11H2,1H3,(H,20,23)(H,21,22). The van der Waals surface area contributed by atoms with Gasteiger partial charge in [0.05, 0.1) is 12.8 Å². The Morgan fingerprint density at radius 2 is 1.96 bits per heavy atom. The number of ether oxygens (including phenoxy) is 1. The molecule has 1 heterocycles. The van der Waals surface area contributed by atoms with Crippen LogP contribution in [0.4, 0.5) is 0 Å². The molecule has 0 aliphatic carbocycles. The summed E-state index contributed by atoms with van der Waals surface area (Å²) in [5.74, 6) is 0.536. The number of methoxy groups -OCH3 is 1. The Morgan fingerprint density at radius 1 is 1.21 bits per heavy atom. The van der Waals surface area contributed by atoms with E-state index in [0.717, 1.165) is 16.9 Å². The monoisotopic (exact) mass is 341 g/mol. The topological polar surface area (TPSA) is 67.0 Å². The molecule has 3 aromatic rings. The van der Waals surface area contributed by atoms with Crippen LogP contribution in [0.2, 0.25) is 5.02 Å². The molecule has 0 bridgehead atoms. The van der Waals surface area contributed by atoms with Gasteiger partial charge in [-0.3, -0.25) is 9.89 Å². The number of hydrogen-bond acceptors (Lipinski definition) is 3. The number of nitrogens with one attached hydrogen (secondary N) is 2. The van der Waals surface area contributed by atoms with E-state index in [1.807, 2.05) is 42.5 Å². The number of aromatic nitrogens is 2. The van der Waals surface area contributed by atoms with E-state index in [1.165, 1.54) is 0 Å². The van der Waals surface area contributed by atoms with Crippen LogP contribution in [0.3, 0.4) is 0 Å². The lowest BCUT2D eigenvalue weighted by Gasteiger charge is -2.05. The van der Waals surface area contributed by atoms with Gasteiger partial charge in [0.25, 0.3) is 5.91 Å². The van der Waals surface area contributed by atoms with Gasteiger partial charge in [0, 0.05) is 17.1 Å². The first-order chi connectivity index (χ1) is 11.7.